The van der Waals surface area contributed by atoms with Crippen molar-refractivity contribution >= 4 is 23.0 Å². The van der Waals surface area contributed by atoms with Crippen molar-refractivity contribution in [3.8, 4) is 0 Å². The number of rotatable bonds is 4. The fourth-order valence-corrected chi connectivity index (χ4v) is 2.43. The molecule has 0 amide bonds. The van der Waals surface area contributed by atoms with Gasteiger partial charge in [0.25, 0.3) is 0 Å². The molecule has 1 N–H and O–H groups in total. The van der Waals surface area contributed by atoms with Crippen molar-refractivity contribution in [2.24, 2.45) is 5.92 Å². The Kier molecular flexibility index (Phi) is 4.82. The fourth-order valence-electron chi connectivity index (χ4n) is 2.43. The number of nitrogens with one attached hydrogen (secondary N) is 1. The molecule has 0 saturated heterocycles. The molecule has 2 aromatic rings. The molecule has 1 aromatic carbocycles. The molecule has 1 unspecified atom stereocenters. The van der Waals surface area contributed by atoms with Gasteiger partial charge in [-0.1, -0.05) is 6.07 Å². The van der Waals surface area contributed by atoms with Crippen LogP contribution in [-0.4, -0.2) is 29.6 Å². The van der Waals surface area contributed by atoms with Gasteiger partial charge in [0.1, 0.15) is 5.60 Å². The maximum atomic E-state index is 12.3. The monoisotopic (exact) mass is 335 g/mol. The number of esters is 2. The van der Waals surface area contributed by atoms with Crippen molar-refractivity contribution in [2.75, 3.05) is 7.11 Å². The van der Waals surface area contributed by atoms with Crippen LogP contribution in [0.4, 0.5) is 0 Å². The highest BCUT2D eigenvalue weighted by Gasteiger charge is 2.32. The largest absolute Gasteiger partial charge is 0.468 e. The van der Waals surface area contributed by atoms with Gasteiger partial charge in [-0.25, -0.2) is 4.79 Å². The van der Waals surface area contributed by atoms with E-state index in [0.29, 0.717) is 16.7 Å². The van der Waals surface area contributed by atoms with Crippen LogP contribution in [0.3, 0.4) is 0 Å². The number of fused-ring (bicyclic) bond motifs is 1. The molecule has 0 radical (unpaired) electrons. The number of methoxy groups -OCH3 is 1. The minimum absolute atomic E-state index is 0.0905. The van der Waals surface area contributed by atoms with Gasteiger partial charge >= 0.3 is 17.7 Å². The summed E-state index contributed by atoms with van der Waals surface area (Å²) in [5, 5.41) is 0. The van der Waals surface area contributed by atoms with Gasteiger partial charge in [-0.05, 0) is 51.3 Å². The van der Waals surface area contributed by atoms with Crippen LogP contribution in [0, 0.1) is 12.8 Å². The Bertz CT molecular complexity index is 824. The number of oxazole rings is 1. The number of hydrogen-bond acceptors (Lipinski definition) is 6. The third-order valence-corrected chi connectivity index (χ3v) is 3.41. The first-order valence-corrected chi connectivity index (χ1v) is 7.54. The van der Waals surface area contributed by atoms with Crippen molar-refractivity contribution in [2.45, 2.75) is 39.7 Å². The topological polar surface area (TPSA) is 98.6 Å². The summed E-state index contributed by atoms with van der Waals surface area (Å²) in [7, 11) is 1.22. The van der Waals surface area contributed by atoms with Gasteiger partial charge in [0.05, 0.1) is 12.6 Å². The highest BCUT2D eigenvalue weighted by Crippen LogP contribution is 2.22. The Hall–Kier alpha value is -2.57. The van der Waals surface area contributed by atoms with Crippen LogP contribution < -0.4 is 5.76 Å². The van der Waals surface area contributed by atoms with Crippen molar-refractivity contribution < 1.29 is 23.5 Å². The number of ether oxygens (including phenoxy) is 2. The molecule has 0 saturated carbocycles. The number of benzene rings is 1. The Morgan fingerprint density at radius 3 is 2.50 bits per heavy atom. The third kappa shape index (κ3) is 4.04. The number of carbonyl (C=O) groups is 2. The van der Waals surface area contributed by atoms with Crippen LogP contribution >= 0.6 is 0 Å². The quantitative estimate of drug-likeness (QED) is 0.678. The predicted octanol–water partition coefficient (Wildman–Crippen LogP) is 2.10. The summed E-state index contributed by atoms with van der Waals surface area (Å²) in [6, 6.07) is 3.41. The summed E-state index contributed by atoms with van der Waals surface area (Å²) in [5.41, 5.74) is 1.71. The molecule has 0 aliphatic heterocycles. The summed E-state index contributed by atoms with van der Waals surface area (Å²) in [6.07, 6.45) is 0.0905. The SMILES string of the molecule is COC(=O)C(Cc1cc(C)c2[nH]c(=O)oc2c1)C(=O)OC(C)(C)C. The number of carbonyl (C=O) groups excluding carboxylic acids is 2. The van der Waals surface area contributed by atoms with Gasteiger partial charge in [-0.3, -0.25) is 14.6 Å². The molecule has 1 aromatic heterocycles. The van der Waals surface area contributed by atoms with Crippen molar-refractivity contribution in [3.05, 3.63) is 33.8 Å². The van der Waals surface area contributed by atoms with Gasteiger partial charge in [-0.2, -0.15) is 0 Å². The lowest BCUT2D eigenvalue weighted by molar-refractivity contribution is -0.168. The zero-order valence-electron chi connectivity index (χ0n) is 14.4. The van der Waals surface area contributed by atoms with E-state index >= 15 is 0 Å². The molecule has 0 bridgehead atoms. The normalized spacial score (nSPS) is 12.9. The predicted molar refractivity (Wildman–Crippen MR) is 86.6 cm³/mol. The van der Waals surface area contributed by atoms with E-state index in [1.807, 2.05) is 0 Å². The molecular weight excluding hydrogens is 314 g/mol. The van der Waals surface area contributed by atoms with Crippen LogP contribution in [0.15, 0.2) is 21.3 Å². The molecule has 24 heavy (non-hydrogen) atoms. The van der Waals surface area contributed by atoms with Crippen molar-refractivity contribution in [1.82, 2.24) is 4.98 Å². The van der Waals surface area contributed by atoms with Crippen LogP contribution in [0.25, 0.3) is 11.1 Å². The van der Waals surface area contributed by atoms with Crippen LogP contribution in [-0.2, 0) is 25.5 Å². The smallest absolute Gasteiger partial charge is 0.417 e. The van der Waals surface area contributed by atoms with Crippen molar-refractivity contribution in [1.29, 1.82) is 0 Å². The van der Waals surface area contributed by atoms with Crippen LogP contribution in [0.5, 0.6) is 0 Å². The lowest BCUT2D eigenvalue weighted by Crippen LogP contribution is -2.34. The first kappa shape index (κ1) is 17.8. The van der Waals surface area contributed by atoms with Gasteiger partial charge in [0, 0.05) is 0 Å². The highest BCUT2D eigenvalue weighted by atomic mass is 16.6. The molecule has 1 atom stereocenters. The average molecular weight is 335 g/mol. The van der Waals surface area contributed by atoms with E-state index in [0.717, 1.165) is 5.56 Å². The molecule has 0 aliphatic carbocycles. The first-order valence-electron chi connectivity index (χ1n) is 7.54. The molecule has 130 valence electrons. The average Bonchev–Trinajstić information content (AvgIpc) is 2.83. The van der Waals surface area contributed by atoms with E-state index in [2.05, 4.69) is 4.98 Å². The maximum absolute atomic E-state index is 12.3. The Labute approximate surface area is 138 Å². The first-order chi connectivity index (χ1) is 11.1. The maximum Gasteiger partial charge on any atom is 0.417 e. The fraction of sp³-hybridized carbons (Fsp3) is 0.471. The van der Waals surface area contributed by atoms with Gasteiger partial charge in [0.15, 0.2) is 11.5 Å². The molecule has 0 aliphatic rings. The zero-order chi connectivity index (χ0) is 18.1. The number of H-pyrrole nitrogens is 1. The second-order valence-corrected chi connectivity index (χ2v) is 6.61. The lowest BCUT2D eigenvalue weighted by Gasteiger charge is -2.23. The van der Waals surface area contributed by atoms with E-state index in [1.54, 1.807) is 39.8 Å². The molecular formula is C17H21NO6. The van der Waals surface area contributed by atoms with Crippen LogP contribution in [0.1, 0.15) is 31.9 Å². The van der Waals surface area contributed by atoms with E-state index in [1.165, 1.54) is 7.11 Å². The molecule has 7 nitrogen and oxygen atoms in total. The minimum Gasteiger partial charge on any atom is -0.468 e. The Morgan fingerprint density at radius 1 is 1.25 bits per heavy atom. The number of aromatic nitrogens is 1. The molecule has 7 heteroatoms. The lowest BCUT2D eigenvalue weighted by atomic mass is 9.97. The molecule has 0 fully saturated rings. The second kappa shape index (κ2) is 6.51. The van der Waals surface area contributed by atoms with E-state index in [9.17, 15) is 14.4 Å². The van der Waals surface area contributed by atoms with Crippen LogP contribution in [0.2, 0.25) is 0 Å². The summed E-state index contributed by atoms with van der Waals surface area (Å²) < 4.78 is 15.1. The third-order valence-electron chi connectivity index (χ3n) is 3.41. The van der Waals surface area contributed by atoms with Gasteiger partial charge in [-0.15, -0.1) is 0 Å². The molecule has 0 spiro atoms. The highest BCUT2D eigenvalue weighted by molar-refractivity contribution is 5.95. The van der Waals surface area contributed by atoms with Crippen molar-refractivity contribution in [3.63, 3.8) is 0 Å². The summed E-state index contributed by atoms with van der Waals surface area (Å²) in [6.45, 7) is 6.98. The standard InChI is InChI=1S/C17H21NO6/c1-9-6-10(8-12-13(9)18-16(21)23-12)7-11(14(19)22-5)15(20)24-17(2,3)4/h6,8,11H,7H2,1-5H3,(H,18,21). The minimum atomic E-state index is -1.09. The number of aromatic amines is 1. The second-order valence-electron chi connectivity index (χ2n) is 6.61. The number of aryl methyl sites for hydroxylation is 1. The van der Waals surface area contributed by atoms with Gasteiger partial charge < -0.3 is 13.9 Å². The molecule has 1 heterocycles. The molecule has 2 rings (SSSR count). The number of hydrogen-bond donors (Lipinski definition) is 1. The summed E-state index contributed by atoms with van der Waals surface area (Å²) in [5.74, 6) is -2.96. The van der Waals surface area contributed by atoms with E-state index < -0.39 is 29.2 Å². The van der Waals surface area contributed by atoms with E-state index in [-0.39, 0.29) is 6.42 Å². The zero-order valence-corrected chi connectivity index (χ0v) is 14.4. The summed E-state index contributed by atoms with van der Waals surface area (Å²) in [4.78, 5) is 38.2. The Balaban J connectivity index is 2.34. The van der Waals surface area contributed by atoms with E-state index in [4.69, 9.17) is 13.9 Å². The summed E-state index contributed by atoms with van der Waals surface area (Å²) >= 11 is 0. The van der Waals surface area contributed by atoms with Gasteiger partial charge in [0.2, 0.25) is 0 Å². The Morgan fingerprint density at radius 2 is 1.92 bits per heavy atom.